The Morgan fingerprint density at radius 2 is 1.85 bits per heavy atom. The number of amidine groups is 1. The van der Waals surface area contributed by atoms with E-state index in [0.717, 1.165) is 5.69 Å². The number of benzene rings is 2. The van der Waals surface area contributed by atoms with E-state index in [0.29, 0.717) is 28.5 Å². The fourth-order valence-corrected chi connectivity index (χ4v) is 2.74. The molecule has 2 heterocycles. The van der Waals surface area contributed by atoms with Crippen LogP contribution in [0.3, 0.4) is 0 Å². The Labute approximate surface area is 155 Å². The average Bonchev–Trinajstić information content (AvgIpc) is 2.84. The molecule has 0 bridgehead atoms. The van der Waals surface area contributed by atoms with Crippen molar-refractivity contribution < 1.29 is 4.79 Å². The van der Waals surface area contributed by atoms with E-state index in [1.54, 1.807) is 30.3 Å². The Balaban J connectivity index is 1.84. The summed E-state index contributed by atoms with van der Waals surface area (Å²) in [5.74, 6) is 0.510. The standard InChI is InChI=1S/C20H14N6O/c21-11-13-10-14-18(25-17(13)22)23-15-8-4-5-9-16(15)24-19(14)26-20(27)12-6-2-1-3-7-12/h1-10H,(H3,22,23,25)(H,24,26,27). The van der Waals surface area contributed by atoms with Crippen LogP contribution in [0.15, 0.2) is 65.7 Å². The molecule has 2 aromatic carbocycles. The fraction of sp³-hybridized carbons (Fsp3) is 0. The molecule has 0 saturated carbocycles. The van der Waals surface area contributed by atoms with Gasteiger partial charge in [0, 0.05) is 5.56 Å². The molecule has 0 fully saturated rings. The number of hydrogen-bond donors (Lipinski definition) is 3. The molecule has 1 aromatic heterocycles. The summed E-state index contributed by atoms with van der Waals surface area (Å²) in [5, 5.41) is 15.3. The van der Waals surface area contributed by atoms with Gasteiger partial charge in [0.15, 0.2) is 0 Å². The topological polar surface area (TPSA) is 116 Å². The van der Waals surface area contributed by atoms with Gasteiger partial charge in [0.2, 0.25) is 0 Å². The Kier molecular flexibility index (Phi) is 3.99. The van der Waals surface area contributed by atoms with Gasteiger partial charge in [0.05, 0.1) is 22.5 Å². The number of hydrogen-bond acceptors (Lipinski definition) is 6. The summed E-state index contributed by atoms with van der Waals surface area (Å²) in [6.45, 7) is 0. The Morgan fingerprint density at radius 1 is 1.11 bits per heavy atom. The lowest BCUT2D eigenvalue weighted by molar-refractivity contribution is 0.0977. The van der Waals surface area contributed by atoms with Gasteiger partial charge in [-0.2, -0.15) is 5.26 Å². The first-order chi connectivity index (χ1) is 13.2. The molecule has 4 rings (SSSR count). The predicted octanol–water partition coefficient (Wildman–Crippen LogP) is 3.10. The summed E-state index contributed by atoms with van der Waals surface area (Å²) in [4.78, 5) is 21.5. The first-order valence-corrected chi connectivity index (χ1v) is 8.18. The zero-order valence-corrected chi connectivity index (χ0v) is 14.1. The van der Waals surface area contributed by atoms with Crippen LogP contribution in [0.25, 0.3) is 0 Å². The number of pyridine rings is 1. The number of nitrogens with zero attached hydrogens (tertiary/aromatic N) is 3. The summed E-state index contributed by atoms with van der Waals surface area (Å²) >= 11 is 0. The van der Waals surface area contributed by atoms with Crippen molar-refractivity contribution >= 4 is 34.8 Å². The molecule has 0 aliphatic carbocycles. The number of nitriles is 1. The molecule has 1 aliphatic heterocycles. The minimum atomic E-state index is -0.310. The van der Waals surface area contributed by atoms with E-state index in [1.165, 1.54) is 0 Å². The van der Waals surface area contributed by atoms with Gasteiger partial charge in [-0.15, -0.1) is 0 Å². The van der Waals surface area contributed by atoms with Crippen LogP contribution in [-0.2, 0) is 0 Å². The van der Waals surface area contributed by atoms with Crippen LogP contribution in [-0.4, -0.2) is 16.7 Å². The van der Waals surface area contributed by atoms with Gasteiger partial charge in [-0.3, -0.25) is 4.79 Å². The van der Waals surface area contributed by atoms with Crippen molar-refractivity contribution in [3.63, 3.8) is 0 Å². The second-order valence-corrected chi connectivity index (χ2v) is 5.85. The van der Waals surface area contributed by atoms with Crippen LogP contribution in [0.4, 0.5) is 23.0 Å². The summed E-state index contributed by atoms with van der Waals surface area (Å²) in [7, 11) is 0. The summed E-state index contributed by atoms with van der Waals surface area (Å²) in [6.07, 6.45) is 0. The van der Waals surface area contributed by atoms with Crippen molar-refractivity contribution in [2.24, 2.45) is 4.99 Å². The average molecular weight is 354 g/mol. The number of carbonyl (C=O) groups is 1. The molecular weight excluding hydrogens is 340 g/mol. The van der Waals surface area contributed by atoms with Crippen molar-refractivity contribution in [3.8, 4) is 6.07 Å². The highest BCUT2D eigenvalue weighted by atomic mass is 16.1. The number of nitrogens with one attached hydrogen (secondary N) is 2. The lowest BCUT2D eigenvalue weighted by atomic mass is 10.1. The normalized spacial score (nSPS) is 11.7. The van der Waals surface area contributed by atoms with Gasteiger partial charge in [0.25, 0.3) is 5.91 Å². The molecule has 130 valence electrons. The van der Waals surface area contributed by atoms with Crippen LogP contribution in [0, 0.1) is 11.3 Å². The number of fused-ring (bicyclic) bond motifs is 2. The minimum absolute atomic E-state index is 0.108. The quantitative estimate of drug-likeness (QED) is 0.621. The predicted molar refractivity (Wildman–Crippen MR) is 103 cm³/mol. The maximum atomic E-state index is 12.6. The Bertz CT molecular complexity index is 1120. The first-order valence-electron chi connectivity index (χ1n) is 8.18. The lowest BCUT2D eigenvalue weighted by Gasteiger charge is -2.12. The lowest BCUT2D eigenvalue weighted by Crippen LogP contribution is -2.31. The molecular formula is C20H14N6O. The van der Waals surface area contributed by atoms with Crippen molar-refractivity contribution in [1.29, 1.82) is 5.26 Å². The maximum absolute atomic E-state index is 12.6. The van der Waals surface area contributed by atoms with Crippen LogP contribution < -0.4 is 16.4 Å². The second-order valence-electron chi connectivity index (χ2n) is 5.85. The Morgan fingerprint density at radius 3 is 2.63 bits per heavy atom. The molecule has 1 amide bonds. The van der Waals surface area contributed by atoms with Crippen molar-refractivity contribution in [3.05, 3.63) is 77.4 Å². The summed E-state index contributed by atoms with van der Waals surface area (Å²) in [5.41, 5.74) is 8.41. The Hall–Kier alpha value is -4.18. The largest absolute Gasteiger partial charge is 0.383 e. The van der Waals surface area contributed by atoms with Crippen LogP contribution in [0.5, 0.6) is 0 Å². The molecule has 4 N–H and O–H groups in total. The zero-order valence-electron chi connectivity index (χ0n) is 14.1. The molecule has 0 radical (unpaired) electrons. The number of rotatable bonds is 1. The third-order valence-corrected chi connectivity index (χ3v) is 4.08. The highest BCUT2D eigenvalue weighted by Gasteiger charge is 2.21. The molecule has 0 spiro atoms. The minimum Gasteiger partial charge on any atom is -0.383 e. The zero-order chi connectivity index (χ0) is 18.8. The smallest absolute Gasteiger partial charge is 0.256 e. The van der Waals surface area contributed by atoms with E-state index < -0.39 is 0 Å². The molecule has 3 aromatic rings. The summed E-state index contributed by atoms with van der Waals surface area (Å²) in [6, 6.07) is 19.8. The number of nitrogen functional groups attached to an aromatic ring is 1. The molecule has 7 heteroatoms. The van der Waals surface area contributed by atoms with Gasteiger partial charge < -0.3 is 16.4 Å². The monoisotopic (exact) mass is 354 g/mol. The van der Waals surface area contributed by atoms with Gasteiger partial charge in [-0.25, -0.2) is 9.98 Å². The number of aromatic nitrogens is 1. The van der Waals surface area contributed by atoms with Crippen LogP contribution in [0.1, 0.15) is 21.5 Å². The van der Waals surface area contributed by atoms with E-state index in [9.17, 15) is 10.1 Å². The van der Waals surface area contributed by atoms with E-state index in [2.05, 4.69) is 20.6 Å². The molecule has 0 saturated heterocycles. The van der Waals surface area contributed by atoms with E-state index in [1.807, 2.05) is 36.4 Å². The summed E-state index contributed by atoms with van der Waals surface area (Å²) < 4.78 is 0. The highest BCUT2D eigenvalue weighted by Crippen LogP contribution is 2.33. The van der Waals surface area contributed by atoms with Gasteiger partial charge in [-0.1, -0.05) is 30.3 Å². The third-order valence-electron chi connectivity index (χ3n) is 4.08. The third kappa shape index (κ3) is 3.07. The maximum Gasteiger partial charge on any atom is 0.256 e. The van der Waals surface area contributed by atoms with E-state index in [-0.39, 0.29) is 17.3 Å². The molecule has 7 nitrogen and oxygen atoms in total. The fourth-order valence-electron chi connectivity index (χ4n) is 2.74. The first kappa shape index (κ1) is 16.3. The highest BCUT2D eigenvalue weighted by molar-refractivity contribution is 6.16. The van der Waals surface area contributed by atoms with Gasteiger partial charge >= 0.3 is 0 Å². The van der Waals surface area contributed by atoms with E-state index >= 15 is 0 Å². The molecule has 1 aliphatic rings. The number of amides is 1. The number of aliphatic imine (C=N–C) groups is 1. The number of anilines is 3. The van der Waals surface area contributed by atoms with Crippen molar-refractivity contribution in [1.82, 2.24) is 10.3 Å². The molecule has 0 unspecified atom stereocenters. The van der Waals surface area contributed by atoms with Crippen LogP contribution in [0.2, 0.25) is 0 Å². The number of nitrogens with two attached hydrogens (primary N) is 1. The van der Waals surface area contributed by atoms with Crippen LogP contribution >= 0.6 is 0 Å². The van der Waals surface area contributed by atoms with Crippen molar-refractivity contribution in [2.45, 2.75) is 0 Å². The number of para-hydroxylation sites is 2. The van der Waals surface area contributed by atoms with Gasteiger partial charge in [0.1, 0.15) is 23.5 Å². The number of carbonyl (C=O) groups excluding carboxylic acids is 1. The molecule has 0 atom stereocenters. The van der Waals surface area contributed by atoms with Gasteiger partial charge in [-0.05, 0) is 30.3 Å². The van der Waals surface area contributed by atoms with Crippen molar-refractivity contribution in [2.75, 3.05) is 11.1 Å². The molecule has 27 heavy (non-hydrogen) atoms. The van der Waals surface area contributed by atoms with E-state index in [4.69, 9.17) is 5.73 Å². The SMILES string of the molecule is N#Cc1cc2c(nc1N)Nc1ccccc1N=C2NC(=O)c1ccccc1. The second kappa shape index (κ2) is 6.61.